The first-order valence-corrected chi connectivity index (χ1v) is 6.85. The van der Waals surface area contributed by atoms with Gasteiger partial charge in [-0.25, -0.2) is 0 Å². The molecule has 0 N–H and O–H groups in total. The van der Waals surface area contributed by atoms with E-state index in [0.717, 1.165) is 18.5 Å². The van der Waals surface area contributed by atoms with Gasteiger partial charge in [0.2, 0.25) is 0 Å². The summed E-state index contributed by atoms with van der Waals surface area (Å²) in [6, 6.07) is 20.7. The molecule has 0 amide bonds. The first-order valence-electron chi connectivity index (χ1n) is 6.85. The second-order valence-corrected chi connectivity index (χ2v) is 4.96. The van der Waals surface area contributed by atoms with Crippen LogP contribution >= 0.6 is 0 Å². The SMILES string of the molecule is N#CC(Cc1ccccc1)N1C=CCc2ccccc21. The molecule has 0 saturated heterocycles. The standard InChI is InChI=1S/C18H16N2/c19-14-17(13-15-7-2-1-3-8-15)20-12-6-10-16-9-4-5-11-18(16)20/h1-9,11-12,17H,10,13H2. The van der Waals surface area contributed by atoms with Crippen molar-refractivity contribution in [1.82, 2.24) is 0 Å². The number of nitrogens with zero attached hydrogens (tertiary/aromatic N) is 2. The van der Waals surface area contributed by atoms with Crippen molar-refractivity contribution in [3.8, 4) is 6.07 Å². The molecule has 3 rings (SSSR count). The van der Waals surface area contributed by atoms with Gasteiger partial charge in [-0.2, -0.15) is 5.26 Å². The average Bonchev–Trinajstić information content (AvgIpc) is 2.53. The number of allylic oxidation sites excluding steroid dienone is 1. The van der Waals surface area contributed by atoms with Gasteiger partial charge in [0.15, 0.2) is 0 Å². The summed E-state index contributed by atoms with van der Waals surface area (Å²) < 4.78 is 0. The topological polar surface area (TPSA) is 27.0 Å². The Bertz CT molecular complexity index is 653. The minimum Gasteiger partial charge on any atom is -0.331 e. The second-order valence-electron chi connectivity index (χ2n) is 4.96. The lowest BCUT2D eigenvalue weighted by Crippen LogP contribution is -2.33. The second kappa shape index (κ2) is 5.63. The summed E-state index contributed by atoms with van der Waals surface area (Å²) in [4.78, 5) is 2.09. The number of hydrogen-bond donors (Lipinski definition) is 0. The maximum Gasteiger partial charge on any atom is 0.125 e. The van der Waals surface area contributed by atoms with Gasteiger partial charge in [-0.15, -0.1) is 0 Å². The van der Waals surface area contributed by atoms with Crippen LogP contribution in [-0.4, -0.2) is 6.04 Å². The monoisotopic (exact) mass is 260 g/mol. The summed E-state index contributed by atoms with van der Waals surface area (Å²) in [5.41, 5.74) is 3.62. The van der Waals surface area contributed by atoms with Crippen LogP contribution in [0.15, 0.2) is 66.9 Å². The van der Waals surface area contributed by atoms with Crippen molar-refractivity contribution in [2.45, 2.75) is 18.9 Å². The zero-order valence-electron chi connectivity index (χ0n) is 11.2. The van der Waals surface area contributed by atoms with Gasteiger partial charge in [-0.1, -0.05) is 54.6 Å². The Balaban J connectivity index is 1.89. The normalized spacial score (nSPS) is 14.4. The van der Waals surface area contributed by atoms with Crippen molar-refractivity contribution >= 4 is 5.69 Å². The van der Waals surface area contributed by atoms with E-state index in [1.165, 1.54) is 11.1 Å². The average molecular weight is 260 g/mol. The van der Waals surface area contributed by atoms with Gasteiger partial charge in [0, 0.05) is 18.3 Å². The third kappa shape index (κ3) is 2.44. The number of rotatable bonds is 3. The van der Waals surface area contributed by atoms with Gasteiger partial charge in [0.25, 0.3) is 0 Å². The molecule has 2 nitrogen and oxygen atoms in total. The highest BCUT2D eigenvalue weighted by Gasteiger charge is 2.21. The molecule has 0 spiro atoms. The third-order valence-electron chi connectivity index (χ3n) is 3.63. The minimum absolute atomic E-state index is 0.171. The van der Waals surface area contributed by atoms with E-state index in [9.17, 15) is 5.26 Å². The van der Waals surface area contributed by atoms with Crippen LogP contribution in [0.3, 0.4) is 0 Å². The molecule has 1 unspecified atom stereocenters. The first kappa shape index (κ1) is 12.5. The molecule has 20 heavy (non-hydrogen) atoms. The van der Waals surface area contributed by atoms with Crippen molar-refractivity contribution in [1.29, 1.82) is 5.26 Å². The highest BCUT2D eigenvalue weighted by Crippen LogP contribution is 2.28. The molecule has 1 atom stereocenters. The summed E-state index contributed by atoms with van der Waals surface area (Å²) in [5.74, 6) is 0. The van der Waals surface area contributed by atoms with E-state index in [2.05, 4.69) is 47.4 Å². The Morgan fingerprint density at radius 3 is 2.60 bits per heavy atom. The predicted molar refractivity (Wildman–Crippen MR) is 81.3 cm³/mol. The molecular formula is C18H16N2. The Hall–Kier alpha value is -2.53. The molecule has 0 aliphatic carbocycles. The lowest BCUT2D eigenvalue weighted by Gasteiger charge is -2.30. The van der Waals surface area contributed by atoms with E-state index in [1.54, 1.807) is 0 Å². The van der Waals surface area contributed by atoms with Crippen molar-refractivity contribution in [2.75, 3.05) is 4.90 Å². The quantitative estimate of drug-likeness (QED) is 0.841. The molecule has 0 fully saturated rings. The molecule has 0 saturated carbocycles. The number of benzene rings is 2. The van der Waals surface area contributed by atoms with E-state index in [0.29, 0.717) is 0 Å². The lowest BCUT2D eigenvalue weighted by molar-refractivity contribution is 0.768. The van der Waals surface area contributed by atoms with E-state index in [4.69, 9.17) is 0 Å². The minimum atomic E-state index is -0.171. The molecule has 2 aromatic rings. The van der Waals surface area contributed by atoms with E-state index in [1.807, 2.05) is 30.5 Å². The molecule has 0 bridgehead atoms. The lowest BCUT2D eigenvalue weighted by atomic mass is 10.0. The fraction of sp³-hybridized carbons (Fsp3) is 0.167. The number of fused-ring (bicyclic) bond motifs is 1. The Morgan fingerprint density at radius 2 is 1.80 bits per heavy atom. The van der Waals surface area contributed by atoms with Crippen LogP contribution in [0.5, 0.6) is 0 Å². The van der Waals surface area contributed by atoms with Crippen molar-refractivity contribution in [3.05, 3.63) is 78.0 Å². The van der Waals surface area contributed by atoms with Crippen molar-refractivity contribution in [3.63, 3.8) is 0 Å². The fourth-order valence-electron chi connectivity index (χ4n) is 2.62. The van der Waals surface area contributed by atoms with Crippen LogP contribution in [-0.2, 0) is 12.8 Å². The largest absolute Gasteiger partial charge is 0.331 e. The summed E-state index contributed by atoms with van der Waals surface area (Å²) in [6.45, 7) is 0. The van der Waals surface area contributed by atoms with Gasteiger partial charge in [0.1, 0.15) is 6.04 Å². The zero-order valence-corrected chi connectivity index (χ0v) is 11.2. The number of hydrogen-bond acceptors (Lipinski definition) is 2. The summed E-state index contributed by atoms with van der Waals surface area (Å²) in [6.07, 6.45) is 5.84. The number of nitriles is 1. The number of para-hydroxylation sites is 1. The van der Waals surface area contributed by atoms with E-state index < -0.39 is 0 Å². The Kier molecular flexibility index (Phi) is 3.52. The predicted octanol–water partition coefficient (Wildman–Crippen LogP) is 3.70. The molecule has 0 aromatic heterocycles. The molecule has 1 aliphatic rings. The maximum atomic E-state index is 9.54. The highest BCUT2D eigenvalue weighted by molar-refractivity contribution is 5.60. The fourth-order valence-corrected chi connectivity index (χ4v) is 2.62. The van der Waals surface area contributed by atoms with E-state index in [-0.39, 0.29) is 6.04 Å². The van der Waals surface area contributed by atoms with E-state index >= 15 is 0 Å². The summed E-state index contributed by atoms with van der Waals surface area (Å²) >= 11 is 0. The zero-order chi connectivity index (χ0) is 13.8. The van der Waals surface area contributed by atoms with Crippen molar-refractivity contribution in [2.24, 2.45) is 0 Å². The van der Waals surface area contributed by atoms with Gasteiger partial charge in [0.05, 0.1) is 6.07 Å². The molecule has 98 valence electrons. The highest BCUT2D eigenvalue weighted by atomic mass is 15.1. The van der Waals surface area contributed by atoms with Crippen LogP contribution in [0.1, 0.15) is 11.1 Å². The molecule has 2 heteroatoms. The van der Waals surface area contributed by atoms with Crippen LogP contribution in [0.2, 0.25) is 0 Å². The van der Waals surface area contributed by atoms with Gasteiger partial charge < -0.3 is 4.90 Å². The Labute approximate surface area is 119 Å². The molecule has 1 heterocycles. The maximum absolute atomic E-state index is 9.54. The first-order chi connectivity index (χ1) is 9.88. The van der Waals surface area contributed by atoms with Crippen LogP contribution in [0, 0.1) is 11.3 Å². The van der Waals surface area contributed by atoms with Crippen LogP contribution in [0.4, 0.5) is 5.69 Å². The molecule has 2 aromatic carbocycles. The van der Waals surface area contributed by atoms with Crippen molar-refractivity contribution < 1.29 is 0 Å². The van der Waals surface area contributed by atoms with Crippen LogP contribution in [0.25, 0.3) is 0 Å². The Morgan fingerprint density at radius 1 is 1.05 bits per heavy atom. The van der Waals surface area contributed by atoms with Gasteiger partial charge >= 0.3 is 0 Å². The third-order valence-corrected chi connectivity index (χ3v) is 3.63. The molecular weight excluding hydrogens is 244 g/mol. The molecule has 0 radical (unpaired) electrons. The molecule has 1 aliphatic heterocycles. The van der Waals surface area contributed by atoms with Gasteiger partial charge in [-0.3, -0.25) is 0 Å². The van der Waals surface area contributed by atoms with Crippen LogP contribution < -0.4 is 4.90 Å². The number of anilines is 1. The summed E-state index contributed by atoms with van der Waals surface area (Å²) in [7, 11) is 0. The smallest absolute Gasteiger partial charge is 0.125 e. The summed E-state index contributed by atoms with van der Waals surface area (Å²) in [5, 5.41) is 9.54. The van der Waals surface area contributed by atoms with Gasteiger partial charge in [-0.05, 0) is 23.6 Å².